The lowest BCUT2D eigenvalue weighted by molar-refractivity contribution is -0.401. The zero-order valence-electron chi connectivity index (χ0n) is 6.74. The predicted molar refractivity (Wildman–Crippen MR) is 39.6 cm³/mol. The summed E-state index contributed by atoms with van der Waals surface area (Å²) in [5.74, 6) is -5.93. The zero-order valence-corrected chi connectivity index (χ0v) is 6.74. The lowest BCUT2D eigenvalue weighted by atomic mass is 10.2. The van der Waals surface area contributed by atoms with Crippen molar-refractivity contribution in [2.45, 2.75) is 0 Å². The third kappa shape index (κ3) is 1.71. The molecule has 9 heteroatoms. The highest BCUT2D eigenvalue weighted by Gasteiger charge is 2.33. The number of rotatable bonds is 2. The molecule has 0 spiro atoms. The average molecular weight is 222 g/mol. The summed E-state index contributed by atoms with van der Waals surface area (Å²) in [7, 11) is 0. The van der Waals surface area contributed by atoms with Crippen molar-refractivity contribution < 1.29 is 23.0 Å². The van der Waals surface area contributed by atoms with E-state index in [1.54, 1.807) is 0 Å². The van der Waals surface area contributed by atoms with Crippen LogP contribution in [0.4, 0.5) is 24.5 Å². The molecule has 0 saturated heterocycles. The van der Waals surface area contributed by atoms with E-state index in [9.17, 15) is 33.4 Å². The molecule has 0 unspecified atom stereocenters. The predicted octanol–water partition coefficient (Wildman–Crippen LogP) is 1.92. The molecule has 1 rings (SSSR count). The topological polar surface area (TPSA) is 86.3 Å². The minimum atomic E-state index is -2.07. The Balaban J connectivity index is 3.63. The maximum atomic E-state index is 12.9. The van der Waals surface area contributed by atoms with Gasteiger partial charge in [-0.15, -0.1) is 0 Å². The molecule has 15 heavy (non-hydrogen) atoms. The number of halogens is 3. The third-order valence-corrected chi connectivity index (χ3v) is 1.49. The summed E-state index contributed by atoms with van der Waals surface area (Å²) >= 11 is 0. The van der Waals surface area contributed by atoms with Crippen LogP contribution in [0.2, 0.25) is 0 Å². The van der Waals surface area contributed by atoms with Crippen LogP contribution in [0.15, 0.2) is 6.07 Å². The molecular weight excluding hydrogens is 221 g/mol. The van der Waals surface area contributed by atoms with Crippen LogP contribution in [-0.4, -0.2) is 9.85 Å². The van der Waals surface area contributed by atoms with E-state index in [0.717, 1.165) is 0 Å². The summed E-state index contributed by atoms with van der Waals surface area (Å²) in [6.45, 7) is 0. The molecule has 1 aromatic rings. The van der Waals surface area contributed by atoms with Gasteiger partial charge in [0.05, 0.1) is 15.9 Å². The number of hydrogen-bond acceptors (Lipinski definition) is 4. The van der Waals surface area contributed by atoms with Gasteiger partial charge in [-0.2, -0.15) is 8.78 Å². The van der Waals surface area contributed by atoms with Gasteiger partial charge in [0, 0.05) is 0 Å². The van der Waals surface area contributed by atoms with Gasteiger partial charge in [0.2, 0.25) is 5.82 Å². The number of nitro benzene ring substituents is 2. The first kappa shape index (κ1) is 10.9. The van der Waals surface area contributed by atoms with Crippen molar-refractivity contribution in [3.63, 3.8) is 0 Å². The Labute approximate surface area is 79.2 Å². The number of benzene rings is 1. The Bertz CT molecular complexity index is 462. The summed E-state index contributed by atoms with van der Waals surface area (Å²) in [5.41, 5.74) is -3.36. The minimum Gasteiger partial charge on any atom is -0.258 e. The Kier molecular flexibility index (Phi) is 2.55. The van der Waals surface area contributed by atoms with E-state index in [0.29, 0.717) is 0 Å². The fourth-order valence-corrected chi connectivity index (χ4v) is 0.871. The Hall–Kier alpha value is -2.19. The van der Waals surface area contributed by atoms with Crippen LogP contribution in [-0.2, 0) is 0 Å². The van der Waals surface area contributed by atoms with E-state index < -0.39 is 38.7 Å². The van der Waals surface area contributed by atoms with Gasteiger partial charge in [-0.05, 0) is 0 Å². The van der Waals surface area contributed by atoms with Crippen molar-refractivity contribution in [1.29, 1.82) is 0 Å². The normalized spacial score (nSPS) is 10.1. The Morgan fingerprint density at radius 3 is 1.93 bits per heavy atom. The molecule has 0 aromatic heterocycles. The average Bonchev–Trinajstić information content (AvgIpc) is 2.10. The highest BCUT2D eigenvalue weighted by atomic mass is 19.2. The highest BCUT2D eigenvalue weighted by Crippen LogP contribution is 2.30. The molecule has 0 bridgehead atoms. The van der Waals surface area contributed by atoms with Crippen molar-refractivity contribution >= 4 is 11.4 Å². The lowest BCUT2D eigenvalue weighted by Crippen LogP contribution is -2.03. The molecule has 0 N–H and O–H groups in total. The van der Waals surface area contributed by atoms with Crippen molar-refractivity contribution in [2.24, 2.45) is 0 Å². The molecule has 0 amide bonds. The summed E-state index contributed by atoms with van der Waals surface area (Å²) in [6, 6.07) is -0.0579. The van der Waals surface area contributed by atoms with Gasteiger partial charge in [-0.25, -0.2) is 4.39 Å². The van der Waals surface area contributed by atoms with Crippen molar-refractivity contribution in [2.75, 3.05) is 0 Å². The molecule has 0 aliphatic rings. The van der Waals surface area contributed by atoms with Crippen molar-refractivity contribution in [1.82, 2.24) is 0 Å². The molecule has 0 aliphatic carbocycles. The van der Waals surface area contributed by atoms with E-state index in [-0.39, 0.29) is 6.07 Å². The summed E-state index contributed by atoms with van der Waals surface area (Å²) in [6.07, 6.45) is 0. The second-order valence-corrected chi connectivity index (χ2v) is 2.37. The smallest absolute Gasteiger partial charge is 0.258 e. The lowest BCUT2D eigenvalue weighted by Gasteiger charge is -1.98. The monoisotopic (exact) mass is 222 g/mol. The van der Waals surface area contributed by atoms with E-state index in [2.05, 4.69) is 0 Å². The molecule has 0 radical (unpaired) electrons. The molecule has 0 heterocycles. The highest BCUT2D eigenvalue weighted by molar-refractivity contribution is 5.46. The molecule has 0 atom stereocenters. The van der Waals surface area contributed by atoms with Gasteiger partial charge in [0.15, 0.2) is 5.82 Å². The van der Waals surface area contributed by atoms with Gasteiger partial charge in [0.25, 0.3) is 5.82 Å². The fourth-order valence-electron chi connectivity index (χ4n) is 0.871. The van der Waals surface area contributed by atoms with Crippen LogP contribution in [0, 0.1) is 37.7 Å². The fraction of sp³-hybridized carbons (Fsp3) is 0. The summed E-state index contributed by atoms with van der Waals surface area (Å²) in [4.78, 5) is 17.3. The van der Waals surface area contributed by atoms with Crippen LogP contribution >= 0.6 is 0 Å². The number of nitrogens with zero attached hydrogens (tertiary/aromatic N) is 2. The van der Waals surface area contributed by atoms with Gasteiger partial charge >= 0.3 is 11.4 Å². The van der Waals surface area contributed by atoms with Crippen molar-refractivity contribution in [3.05, 3.63) is 43.7 Å². The van der Waals surface area contributed by atoms with E-state index >= 15 is 0 Å². The van der Waals surface area contributed by atoms with Gasteiger partial charge < -0.3 is 0 Å². The van der Waals surface area contributed by atoms with Gasteiger partial charge in [0.1, 0.15) is 0 Å². The number of hydrogen-bond donors (Lipinski definition) is 0. The first-order valence-corrected chi connectivity index (χ1v) is 3.32. The first-order chi connectivity index (χ1) is 6.86. The van der Waals surface area contributed by atoms with E-state index in [1.807, 2.05) is 0 Å². The van der Waals surface area contributed by atoms with E-state index in [1.165, 1.54) is 0 Å². The molecule has 0 fully saturated rings. The van der Waals surface area contributed by atoms with Crippen LogP contribution < -0.4 is 0 Å². The molecule has 80 valence electrons. The standard InChI is InChI=1S/C6HF3N2O4/c7-2-1-3(10(12)13)5(9)6(4(2)8)11(14)15/h1H. The molecule has 6 nitrogen and oxygen atoms in total. The van der Waals surface area contributed by atoms with Crippen LogP contribution in [0.3, 0.4) is 0 Å². The van der Waals surface area contributed by atoms with Gasteiger partial charge in [-0.1, -0.05) is 0 Å². The maximum absolute atomic E-state index is 12.9. The van der Waals surface area contributed by atoms with Crippen LogP contribution in [0.5, 0.6) is 0 Å². The Morgan fingerprint density at radius 2 is 1.53 bits per heavy atom. The van der Waals surface area contributed by atoms with E-state index in [4.69, 9.17) is 0 Å². The quantitative estimate of drug-likeness (QED) is 0.434. The number of nitro groups is 2. The molecule has 0 saturated carbocycles. The zero-order chi connectivity index (χ0) is 11.7. The second kappa shape index (κ2) is 3.52. The van der Waals surface area contributed by atoms with Crippen LogP contribution in [0.25, 0.3) is 0 Å². The largest absolute Gasteiger partial charge is 0.350 e. The second-order valence-electron chi connectivity index (χ2n) is 2.37. The summed E-state index contributed by atoms with van der Waals surface area (Å²) < 4.78 is 38.2. The third-order valence-electron chi connectivity index (χ3n) is 1.49. The summed E-state index contributed by atoms with van der Waals surface area (Å²) in [5, 5.41) is 20.2. The maximum Gasteiger partial charge on any atom is 0.350 e. The minimum absolute atomic E-state index is 0.0579. The first-order valence-electron chi connectivity index (χ1n) is 3.32. The van der Waals surface area contributed by atoms with Crippen molar-refractivity contribution in [3.8, 4) is 0 Å². The molecule has 1 aromatic carbocycles. The molecular formula is C6HF3N2O4. The Morgan fingerprint density at radius 1 is 1.00 bits per heavy atom. The van der Waals surface area contributed by atoms with Gasteiger partial charge in [-0.3, -0.25) is 20.2 Å². The molecule has 0 aliphatic heterocycles. The van der Waals surface area contributed by atoms with Crippen LogP contribution in [0.1, 0.15) is 0 Å². The SMILES string of the molecule is O=[N+]([O-])c1cc(F)c(F)c([N+](=O)[O-])c1F.